The Kier molecular flexibility index (Phi) is 10.3. The molecule has 0 atom stereocenters. The largest absolute Gasteiger partial charge is 0.309 e. The highest BCUT2D eigenvalue weighted by atomic mass is 15.2. The van der Waals surface area contributed by atoms with Gasteiger partial charge in [0, 0.05) is 55.0 Å². The number of benzene rings is 10. The van der Waals surface area contributed by atoms with Crippen LogP contribution in [0.25, 0.3) is 134 Å². The molecule has 0 saturated heterocycles. The van der Waals surface area contributed by atoms with E-state index in [1.165, 1.54) is 21.9 Å². The predicted molar refractivity (Wildman–Crippen MR) is 300 cm³/mol. The lowest BCUT2D eigenvalue weighted by atomic mass is 10.0. The molecule has 4 aromatic heterocycles. The summed E-state index contributed by atoms with van der Waals surface area (Å²) in [7, 11) is 0. The van der Waals surface area contributed by atoms with E-state index in [4.69, 9.17) is 29.9 Å². The minimum atomic E-state index is 0.506. The molecule has 0 bridgehead atoms. The summed E-state index contributed by atoms with van der Waals surface area (Å²) in [5.41, 5.74) is 14.1. The smallest absolute Gasteiger partial charge is 0.238 e. The van der Waals surface area contributed by atoms with Crippen molar-refractivity contribution in [2.45, 2.75) is 0 Å². The molecule has 0 radical (unpaired) electrons. The molecule has 4 heterocycles. The number of fused-ring (bicyclic) bond motifs is 7. The Labute approximate surface area is 426 Å². The first-order chi connectivity index (χ1) is 36.7. The highest BCUT2D eigenvalue weighted by Crippen LogP contribution is 2.42. The van der Waals surface area contributed by atoms with Crippen molar-refractivity contribution in [2.75, 3.05) is 0 Å². The molecule has 0 saturated carbocycles. The van der Waals surface area contributed by atoms with Crippen LogP contribution < -0.4 is 0 Å². The van der Waals surface area contributed by atoms with Crippen molar-refractivity contribution in [3.05, 3.63) is 255 Å². The van der Waals surface area contributed by atoms with Gasteiger partial charge in [0.15, 0.2) is 29.1 Å². The van der Waals surface area contributed by atoms with Crippen LogP contribution in [0.5, 0.6) is 0 Å². The van der Waals surface area contributed by atoms with Crippen molar-refractivity contribution in [1.82, 2.24) is 39.0 Å². The van der Waals surface area contributed by atoms with Gasteiger partial charge in [0.05, 0.1) is 22.1 Å². The molecular weight excluding hydrogens is 905 g/mol. The average molecular weight is 947 g/mol. The van der Waals surface area contributed by atoms with Crippen LogP contribution in [0.15, 0.2) is 255 Å². The van der Waals surface area contributed by atoms with Gasteiger partial charge < -0.3 is 4.57 Å². The van der Waals surface area contributed by atoms with E-state index in [1.807, 2.05) is 84.9 Å². The summed E-state index contributed by atoms with van der Waals surface area (Å²) in [5.74, 6) is 3.28. The maximum Gasteiger partial charge on any atom is 0.238 e. The molecule has 0 spiro atoms. The average Bonchev–Trinajstić information content (AvgIpc) is 4.01. The number of nitrogens with zero attached hydrogens (tertiary/aromatic N) is 8. The molecule has 14 rings (SSSR count). The molecule has 8 heteroatoms. The molecule has 0 N–H and O–H groups in total. The van der Waals surface area contributed by atoms with Crippen LogP contribution in [0.3, 0.4) is 0 Å². The van der Waals surface area contributed by atoms with E-state index in [-0.39, 0.29) is 0 Å². The van der Waals surface area contributed by atoms with Gasteiger partial charge in [0.2, 0.25) is 5.95 Å². The fourth-order valence-electron chi connectivity index (χ4n) is 10.4. The van der Waals surface area contributed by atoms with E-state index in [1.54, 1.807) is 0 Å². The maximum atomic E-state index is 5.40. The lowest BCUT2D eigenvalue weighted by molar-refractivity contribution is 0.953. The van der Waals surface area contributed by atoms with E-state index in [9.17, 15) is 0 Å². The van der Waals surface area contributed by atoms with Crippen LogP contribution in [-0.4, -0.2) is 39.0 Å². The van der Waals surface area contributed by atoms with Gasteiger partial charge in [-0.2, -0.15) is 9.97 Å². The summed E-state index contributed by atoms with van der Waals surface area (Å²) < 4.78 is 4.61. The van der Waals surface area contributed by atoms with Gasteiger partial charge in [-0.1, -0.05) is 212 Å². The Hall–Kier alpha value is -10.2. The third-order valence-corrected chi connectivity index (χ3v) is 13.8. The van der Waals surface area contributed by atoms with Crippen LogP contribution >= 0.6 is 0 Å². The van der Waals surface area contributed by atoms with Crippen molar-refractivity contribution in [3.63, 3.8) is 0 Å². The summed E-state index contributed by atoms with van der Waals surface area (Å²) in [5, 5.41) is 4.56. The van der Waals surface area contributed by atoms with Gasteiger partial charge in [0.25, 0.3) is 0 Å². The first-order valence-corrected chi connectivity index (χ1v) is 24.7. The topological polar surface area (TPSA) is 87.2 Å². The van der Waals surface area contributed by atoms with Gasteiger partial charge in [-0.15, -0.1) is 0 Å². The fraction of sp³-hybridized carbons (Fsp3) is 0. The fourth-order valence-corrected chi connectivity index (χ4v) is 10.4. The molecule has 0 unspecified atom stereocenters. The Bertz CT molecular complexity index is 4400. The zero-order chi connectivity index (χ0) is 49.0. The first kappa shape index (κ1) is 42.7. The quantitative estimate of drug-likeness (QED) is 0.143. The maximum absolute atomic E-state index is 5.40. The molecule has 0 aliphatic heterocycles. The summed E-state index contributed by atoms with van der Waals surface area (Å²) >= 11 is 0. The SMILES string of the molecule is c1ccc(-c2ccc(-n3c4ccccc4c4ccc5c(c6ccccc6n5-c5nc(-c6ccccc6)nc(-c6cccc(-c7nc(-c8ccccc8)nc(-c8cccc(-c9ccccc9)c8)n7)c6)n5)c43)cc2)cc1. The predicted octanol–water partition coefficient (Wildman–Crippen LogP) is 15.9. The molecule has 346 valence electrons. The molecular formula is C66H42N8. The van der Waals surface area contributed by atoms with Crippen LogP contribution in [0, 0.1) is 0 Å². The Morgan fingerprint density at radius 2 is 0.622 bits per heavy atom. The van der Waals surface area contributed by atoms with E-state index in [2.05, 4.69) is 179 Å². The highest BCUT2D eigenvalue weighted by molar-refractivity contribution is 6.26. The minimum Gasteiger partial charge on any atom is -0.309 e. The second kappa shape index (κ2) is 17.9. The number of hydrogen-bond acceptors (Lipinski definition) is 6. The number of aromatic nitrogens is 8. The van der Waals surface area contributed by atoms with E-state index in [0.717, 1.165) is 77.5 Å². The van der Waals surface area contributed by atoms with Gasteiger partial charge >= 0.3 is 0 Å². The summed E-state index contributed by atoms with van der Waals surface area (Å²) in [6, 6.07) is 88.2. The molecule has 8 nitrogen and oxygen atoms in total. The van der Waals surface area contributed by atoms with Gasteiger partial charge in [-0.05, 0) is 64.7 Å². The Morgan fingerprint density at radius 3 is 1.19 bits per heavy atom. The Balaban J connectivity index is 0.952. The van der Waals surface area contributed by atoms with E-state index >= 15 is 0 Å². The van der Waals surface area contributed by atoms with Crippen molar-refractivity contribution >= 4 is 43.6 Å². The summed E-state index contributed by atoms with van der Waals surface area (Å²) in [6.07, 6.45) is 0. The zero-order valence-electron chi connectivity index (χ0n) is 39.8. The second-order valence-corrected chi connectivity index (χ2v) is 18.3. The first-order valence-electron chi connectivity index (χ1n) is 24.7. The molecule has 14 aromatic rings. The third-order valence-electron chi connectivity index (χ3n) is 13.8. The minimum absolute atomic E-state index is 0.506. The number of hydrogen-bond donors (Lipinski definition) is 0. The zero-order valence-corrected chi connectivity index (χ0v) is 39.8. The van der Waals surface area contributed by atoms with Crippen molar-refractivity contribution in [3.8, 4) is 90.8 Å². The van der Waals surface area contributed by atoms with Gasteiger partial charge in [0.1, 0.15) is 0 Å². The van der Waals surface area contributed by atoms with Crippen LogP contribution in [0.2, 0.25) is 0 Å². The van der Waals surface area contributed by atoms with Crippen molar-refractivity contribution in [1.29, 1.82) is 0 Å². The van der Waals surface area contributed by atoms with Gasteiger partial charge in [-0.25, -0.2) is 19.9 Å². The third kappa shape index (κ3) is 7.48. The van der Waals surface area contributed by atoms with Crippen molar-refractivity contribution < 1.29 is 0 Å². The van der Waals surface area contributed by atoms with Crippen LogP contribution in [0.1, 0.15) is 0 Å². The lowest BCUT2D eigenvalue weighted by Gasteiger charge is -2.12. The number of rotatable bonds is 9. The van der Waals surface area contributed by atoms with Crippen LogP contribution in [0.4, 0.5) is 0 Å². The molecule has 0 aliphatic carbocycles. The molecule has 0 fully saturated rings. The number of para-hydroxylation sites is 2. The molecule has 0 amide bonds. The Morgan fingerprint density at radius 1 is 0.230 bits per heavy atom. The van der Waals surface area contributed by atoms with E-state index < -0.39 is 0 Å². The summed E-state index contributed by atoms with van der Waals surface area (Å²) in [6.45, 7) is 0. The summed E-state index contributed by atoms with van der Waals surface area (Å²) in [4.78, 5) is 31.3. The van der Waals surface area contributed by atoms with Gasteiger partial charge in [-0.3, -0.25) is 4.57 Å². The standard InChI is InChI=1S/C66H42N8/c1-5-19-43(20-6-1)45-35-37-52(38-36-45)73-56-33-15-13-31-53(56)54-39-40-58-59(60(54)73)55-32-14-16-34-57(55)74(58)66-71-62(47-25-11-4-12-26-47)69-65(72-66)51-30-18-29-50(42-51)64-68-61(46-23-9-3-10-24-46)67-63(70-64)49-28-17-27-48(41-49)44-21-7-2-8-22-44/h1-42H. The highest BCUT2D eigenvalue weighted by Gasteiger charge is 2.23. The van der Waals surface area contributed by atoms with Crippen molar-refractivity contribution in [2.24, 2.45) is 0 Å². The lowest BCUT2D eigenvalue weighted by Crippen LogP contribution is -2.06. The second-order valence-electron chi connectivity index (χ2n) is 18.3. The molecule has 0 aliphatic rings. The van der Waals surface area contributed by atoms with Crippen LogP contribution in [-0.2, 0) is 0 Å². The molecule has 74 heavy (non-hydrogen) atoms. The van der Waals surface area contributed by atoms with E-state index in [0.29, 0.717) is 35.1 Å². The monoisotopic (exact) mass is 946 g/mol. The normalized spacial score (nSPS) is 11.5. The molecule has 10 aromatic carbocycles.